The van der Waals surface area contributed by atoms with Gasteiger partial charge in [-0.1, -0.05) is 30.3 Å². The van der Waals surface area contributed by atoms with Crippen molar-refractivity contribution in [1.29, 1.82) is 0 Å². The summed E-state index contributed by atoms with van der Waals surface area (Å²) in [5.41, 5.74) is 1.94. The van der Waals surface area contributed by atoms with Crippen LogP contribution in [0.2, 0.25) is 0 Å². The van der Waals surface area contributed by atoms with E-state index in [2.05, 4.69) is 17.2 Å². The number of rotatable bonds is 9. The molecule has 0 aliphatic carbocycles. The van der Waals surface area contributed by atoms with Crippen LogP contribution < -0.4 is 14.8 Å². The highest BCUT2D eigenvalue weighted by molar-refractivity contribution is 5.90. The number of ether oxygens (including phenoxy) is 2. The predicted octanol–water partition coefficient (Wildman–Crippen LogP) is 3.05. The van der Waals surface area contributed by atoms with Crippen LogP contribution in [0.4, 0.5) is 0 Å². The van der Waals surface area contributed by atoms with Crippen molar-refractivity contribution in [2.24, 2.45) is 0 Å². The van der Waals surface area contributed by atoms with Crippen molar-refractivity contribution in [3.05, 3.63) is 60.3 Å². The lowest BCUT2D eigenvalue weighted by Gasteiger charge is -2.17. The van der Waals surface area contributed by atoms with Gasteiger partial charge in [0.2, 0.25) is 0 Å². The molecule has 3 rings (SSSR count). The first-order valence-corrected chi connectivity index (χ1v) is 9.39. The summed E-state index contributed by atoms with van der Waals surface area (Å²) in [6.07, 6.45) is 2.11. The van der Waals surface area contributed by atoms with Gasteiger partial charge in [0, 0.05) is 31.1 Å². The summed E-state index contributed by atoms with van der Waals surface area (Å²) < 4.78 is 10.8. The van der Waals surface area contributed by atoms with E-state index in [1.807, 2.05) is 48.7 Å². The van der Waals surface area contributed by atoms with Crippen molar-refractivity contribution in [2.75, 3.05) is 13.2 Å². The summed E-state index contributed by atoms with van der Waals surface area (Å²) in [5, 5.41) is 14.5. The Kier molecular flexibility index (Phi) is 6.68. The van der Waals surface area contributed by atoms with Crippen molar-refractivity contribution in [2.45, 2.75) is 32.4 Å². The summed E-state index contributed by atoms with van der Waals surface area (Å²) in [7, 11) is 0. The van der Waals surface area contributed by atoms with E-state index >= 15 is 0 Å². The van der Waals surface area contributed by atoms with E-state index in [0.29, 0.717) is 12.3 Å². The number of carbonyl (C=O) groups is 1. The minimum absolute atomic E-state index is 0.155. The molecule has 2 atom stereocenters. The van der Waals surface area contributed by atoms with Crippen LogP contribution in [-0.4, -0.2) is 41.4 Å². The Balaban J connectivity index is 1.52. The standard InChI is InChI=1S/C22H26N2O4/c1-15(23-13-18(26)14-27-19-7-4-3-5-8-19)11-17-12-24-22-20(17)9-6-10-21(22)28-16(2)25/h3-10,12,15,18,23-24,26H,11,13-14H2,1-2H3. The number of aliphatic hydroxyl groups is 1. The molecule has 0 amide bonds. The SMILES string of the molecule is CC(=O)Oc1cccc2c(CC(C)NCC(O)COc3ccccc3)c[nH]c12. The van der Waals surface area contributed by atoms with Crippen molar-refractivity contribution in [1.82, 2.24) is 10.3 Å². The fourth-order valence-corrected chi connectivity index (χ4v) is 3.10. The molecule has 0 spiro atoms. The topological polar surface area (TPSA) is 83.6 Å². The summed E-state index contributed by atoms with van der Waals surface area (Å²) in [6, 6.07) is 15.3. The molecule has 148 valence electrons. The van der Waals surface area contributed by atoms with E-state index in [1.54, 1.807) is 6.07 Å². The van der Waals surface area contributed by atoms with Gasteiger partial charge in [0.1, 0.15) is 18.5 Å². The van der Waals surface area contributed by atoms with Gasteiger partial charge < -0.3 is 24.9 Å². The summed E-state index contributed by atoms with van der Waals surface area (Å²) in [5.74, 6) is 0.938. The van der Waals surface area contributed by atoms with Crippen molar-refractivity contribution >= 4 is 16.9 Å². The number of aliphatic hydroxyl groups excluding tert-OH is 1. The normalized spacial score (nSPS) is 13.2. The van der Waals surface area contributed by atoms with Crippen LogP contribution in [0.1, 0.15) is 19.4 Å². The minimum Gasteiger partial charge on any atom is -0.491 e. The monoisotopic (exact) mass is 382 g/mol. The van der Waals surface area contributed by atoms with Gasteiger partial charge in [0.15, 0.2) is 5.75 Å². The molecule has 28 heavy (non-hydrogen) atoms. The van der Waals surface area contributed by atoms with Gasteiger partial charge in [-0.3, -0.25) is 4.79 Å². The fourth-order valence-electron chi connectivity index (χ4n) is 3.10. The zero-order valence-corrected chi connectivity index (χ0v) is 16.1. The van der Waals surface area contributed by atoms with E-state index < -0.39 is 6.10 Å². The molecule has 6 nitrogen and oxygen atoms in total. The molecule has 2 unspecified atom stereocenters. The Morgan fingerprint density at radius 2 is 1.96 bits per heavy atom. The maximum absolute atomic E-state index is 11.3. The van der Waals surface area contributed by atoms with Gasteiger partial charge in [0.25, 0.3) is 0 Å². The smallest absolute Gasteiger partial charge is 0.308 e. The van der Waals surface area contributed by atoms with Crippen LogP contribution in [0.3, 0.4) is 0 Å². The van der Waals surface area contributed by atoms with Crippen LogP contribution in [0, 0.1) is 0 Å². The molecule has 0 radical (unpaired) electrons. The first kappa shape index (κ1) is 19.9. The number of carbonyl (C=O) groups excluding carboxylic acids is 1. The molecule has 2 aromatic carbocycles. The molecule has 0 aliphatic rings. The third kappa shape index (κ3) is 5.34. The molecule has 1 aromatic heterocycles. The molecule has 0 fully saturated rings. The van der Waals surface area contributed by atoms with E-state index in [4.69, 9.17) is 9.47 Å². The van der Waals surface area contributed by atoms with Crippen LogP contribution >= 0.6 is 0 Å². The molecule has 0 saturated heterocycles. The Morgan fingerprint density at radius 1 is 1.18 bits per heavy atom. The Hall–Kier alpha value is -2.83. The molecule has 0 saturated carbocycles. The highest BCUT2D eigenvalue weighted by atomic mass is 16.5. The number of benzene rings is 2. The lowest BCUT2D eigenvalue weighted by atomic mass is 10.1. The fraction of sp³-hybridized carbons (Fsp3) is 0.318. The van der Waals surface area contributed by atoms with Gasteiger partial charge in [-0.2, -0.15) is 0 Å². The second-order valence-corrected chi connectivity index (χ2v) is 6.88. The number of nitrogens with one attached hydrogen (secondary N) is 2. The van der Waals surface area contributed by atoms with Crippen molar-refractivity contribution in [3.8, 4) is 11.5 Å². The number of hydrogen-bond acceptors (Lipinski definition) is 5. The maximum atomic E-state index is 11.3. The highest BCUT2D eigenvalue weighted by Gasteiger charge is 2.13. The number of hydrogen-bond donors (Lipinski definition) is 3. The predicted molar refractivity (Wildman–Crippen MR) is 109 cm³/mol. The Morgan fingerprint density at radius 3 is 2.71 bits per heavy atom. The van der Waals surface area contributed by atoms with Crippen LogP contribution in [-0.2, 0) is 11.2 Å². The Labute approximate surface area is 164 Å². The van der Waals surface area contributed by atoms with Crippen LogP contribution in [0.15, 0.2) is 54.7 Å². The molecular weight excluding hydrogens is 356 g/mol. The van der Waals surface area contributed by atoms with E-state index in [1.165, 1.54) is 6.92 Å². The molecule has 3 aromatic rings. The number of para-hydroxylation sites is 2. The average molecular weight is 382 g/mol. The summed E-state index contributed by atoms with van der Waals surface area (Å²) in [6.45, 7) is 4.14. The maximum Gasteiger partial charge on any atom is 0.308 e. The van der Waals surface area contributed by atoms with Gasteiger partial charge >= 0.3 is 5.97 Å². The highest BCUT2D eigenvalue weighted by Crippen LogP contribution is 2.28. The number of aromatic nitrogens is 1. The third-order valence-corrected chi connectivity index (χ3v) is 4.43. The largest absolute Gasteiger partial charge is 0.491 e. The number of H-pyrrole nitrogens is 1. The van der Waals surface area contributed by atoms with Crippen molar-refractivity contribution < 1.29 is 19.4 Å². The minimum atomic E-state index is -0.596. The van der Waals surface area contributed by atoms with Gasteiger partial charge in [-0.25, -0.2) is 0 Å². The second-order valence-electron chi connectivity index (χ2n) is 6.88. The zero-order chi connectivity index (χ0) is 19.9. The molecule has 0 aliphatic heterocycles. The molecule has 1 heterocycles. The van der Waals surface area contributed by atoms with E-state index in [0.717, 1.165) is 28.6 Å². The quantitative estimate of drug-likeness (QED) is 0.391. The summed E-state index contributed by atoms with van der Waals surface area (Å²) in [4.78, 5) is 14.5. The number of esters is 1. The molecular formula is C22H26N2O4. The second kappa shape index (κ2) is 9.39. The average Bonchev–Trinajstić information content (AvgIpc) is 3.09. The zero-order valence-electron chi connectivity index (χ0n) is 16.1. The number of aromatic amines is 1. The van der Waals surface area contributed by atoms with Gasteiger partial charge in [-0.15, -0.1) is 0 Å². The first-order valence-electron chi connectivity index (χ1n) is 9.39. The van der Waals surface area contributed by atoms with Gasteiger partial charge in [-0.05, 0) is 37.1 Å². The van der Waals surface area contributed by atoms with Crippen LogP contribution in [0.25, 0.3) is 10.9 Å². The van der Waals surface area contributed by atoms with Gasteiger partial charge in [0.05, 0.1) is 5.52 Å². The molecule has 3 N–H and O–H groups in total. The lowest BCUT2D eigenvalue weighted by molar-refractivity contribution is -0.131. The third-order valence-electron chi connectivity index (χ3n) is 4.43. The number of fused-ring (bicyclic) bond motifs is 1. The molecule has 0 bridgehead atoms. The van der Waals surface area contributed by atoms with Crippen molar-refractivity contribution in [3.63, 3.8) is 0 Å². The van der Waals surface area contributed by atoms with E-state index in [9.17, 15) is 9.90 Å². The molecule has 6 heteroatoms. The summed E-state index contributed by atoms with van der Waals surface area (Å²) >= 11 is 0. The first-order chi connectivity index (χ1) is 13.5. The Bertz CT molecular complexity index is 907. The lowest BCUT2D eigenvalue weighted by Crippen LogP contribution is -2.37. The van der Waals surface area contributed by atoms with E-state index in [-0.39, 0.29) is 18.6 Å². The van der Waals surface area contributed by atoms with Crippen LogP contribution in [0.5, 0.6) is 11.5 Å².